The number of hydrogen-bond donors (Lipinski definition) is 3. The predicted molar refractivity (Wildman–Crippen MR) is 446 cm³/mol. The van der Waals surface area contributed by atoms with Crippen LogP contribution in [0.3, 0.4) is 0 Å². The van der Waals surface area contributed by atoms with Crippen molar-refractivity contribution in [3.05, 3.63) is 0 Å². The number of phosphoric acid groups is 2. The van der Waals surface area contributed by atoms with Gasteiger partial charge in [-0.2, -0.15) is 0 Å². The number of phosphoric ester groups is 2. The van der Waals surface area contributed by atoms with E-state index in [-0.39, 0.29) is 25.7 Å². The second-order valence-electron chi connectivity index (χ2n) is 32.2. The third-order valence-corrected chi connectivity index (χ3v) is 23.3. The summed E-state index contributed by atoms with van der Waals surface area (Å²) in [5, 5.41) is 10.7. The minimum absolute atomic E-state index is 0.107. The van der Waals surface area contributed by atoms with Crippen molar-refractivity contribution in [2.45, 2.75) is 502 Å². The van der Waals surface area contributed by atoms with Crippen molar-refractivity contribution < 1.29 is 80.2 Å². The van der Waals surface area contributed by atoms with Crippen LogP contribution in [0.2, 0.25) is 0 Å². The third-order valence-electron chi connectivity index (χ3n) is 21.4. The fraction of sp³-hybridized carbons (Fsp3) is 0.955. The smallest absolute Gasteiger partial charge is 0.462 e. The fourth-order valence-corrected chi connectivity index (χ4v) is 15.5. The van der Waals surface area contributed by atoms with Crippen molar-refractivity contribution in [2.75, 3.05) is 39.6 Å². The summed E-state index contributed by atoms with van der Waals surface area (Å²) in [5.41, 5.74) is 0. The molecule has 0 fully saturated rings. The molecule has 3 N–H and O–H groups in total. The minimum Gasteiger partial charge on any atom is -0.462 e. The Balaban J connectivity index is 5.23. The zero-order chi connectivity index (χ0) is 79.0. The van der Waals surface area contributed by atoms with Gasteiger partial charge in [-0.1, -0.05) is 433 Å². The Hall–Kier alpha value is -1.94. The van der Waals surface area contributed by atoms with Crippen LogP contribution in [-0.4, -0.2) is 96.7 Å². The first-order valence-electron chi connectivity index (χ1n) is 46.2. The van der Waals surface area contributed by atoms with E-state index in [1.54, 1.807) is 0 Å². The molecule has 0 saturated heterocycles. The van der Waals surface area contributed by atoms with Gasteiger partial charge in [-0.05, 0) is 31.6 Å². The lowest BCUT2D eigenvalue weighted by Gasteiger charge is -2.21. The van der Waals surface area contributed by atoms with Crippen LogP contribution in [-0.2, 0) is 65.4 Å². The lowest BCUT2D eigenvalue weighted by atomic mass is 9.99. The molecule has 642 valence electrons. The van der Waals surface area contributed by atoms with E-state index in [4.69, 9.17) is 37.0 Å². The quantitative estimate of drug-likeness (QED) is 0.0222. The number of aliphatic hydroxyl groups is 1. The number of ether oxygens (including phenoxy) is 4. The summed E-state index contributed by atoms with van der Waals surface area (Å²) in [6.07, 6.45) is 76.4. The van der Waals surface area contributed by atoms with Crippen molar-refractivity contribution in [1.29, 1.82) is 0 Å². The summed E-state index contributed by atoms with van der Waals surface area (Å²) in [5.74, 6) is -1.29. The number of esters is 4. The molecule has 0 aliphatic carbocycles. The van der Waals surface area contributed by atoms with E-state index in [1.165, 1.54) is 308 Å². The Labute approximate surface area is 664 Å². The normalized spacial score (nSPS) is 14.0. The molecule has 0 aromatic carbocycles. The highest BCUT2D eigenvalue weighted by Gasteiger charge is 2.31. The number of rotatable bonds is 89. The number of carbonyl (C=O) groups excluding carboxylic acids is 4. The zero-order valence-corrected chi connectivity index (χ0v) is 72.8. The largest absolute Gasteiger partial charge is 0.472 e. The Kier molecular flexibility index (Phi) is 80.2. The summed E-state index contributed by atoms with van der Waals surface area (Å²) < 4.78 is 69.0. The van der Waals surface area contributed by atoms with Crippen LogP contribution in [0.15, 0.2) is 0 Å². The van der Waals surface area contributed by atoms with Crippen LogP contribution >= 0.6 is 15.6 Å². The van der Waals surface area contributed by atoms with Crippen molar-refractivity contribution in [1.82, 2.24) is 0 Å². The average molecular weight is 1580 g/mol. The number of unbranched alkanes of at least 4 members (excludes halogenated alkanes) is 60. The van der Waals surface area contributed by atoms with E-state index in [0.717, 1.165) is 95.8 Å². The fourth-order valence-electron chi connectivity index (χ4n) is 14.0. The third kappa shape index (κ3) is 80.7. The van der Waals surface area contributed by atoms with Crippen molar-refractivity contribution in [3.63, 3.8) is 0 Å². The number of hydrogen-bond acceptors (Lipinski definition) is 15. The molecule has 0 spiro atoms. The lowest BCUT2D eigenvalue weighted by molar-refractivity contribution is -0.161. The molecule has 0 aromatic rings. The standard InChI is InChI=1S/C89H174O17P2/c1-6-10-13-16-19-22-25-28-30-32-34-36-37-39-41-43-45-48-54-59-64-69-74-88(93)105-84(78-100-87(92)73-68-63-58-53-47-44-42-40-38-35-33-31-29-26-23-20-17-14-11-7-2)80-103-107(95,96)101-76-83(90)77-102-108(97,98)104-81-85(79-99-86(91)72-67-62-57-52-46-27-24-21-18-15-12-8-3)106-89(94)75-70-65-60-55-50-49-51-56-61-66-71-82(5)9-4/h82-85,90H,6-81H2,1-5H3,(H,95,96)(H,97,98)/t82?,83-,84-,85-/m1/s1. The molecule has 17 nitrogen and oxygen atoms in total. The van der Waals surface area contributed by atoms with Crippen molar-refractivity contribution >= 4 is 39.5 Å². The van der Waals surface area contributed by atoms with Gasteiger partial charge >= 0.3 is 39.5 Å². The van der Waals surface area contributed by atoms with Gasteiger partial charge in [-0.25, -0.2) is 9.13 Å². The van der Waals surface area contributed by atoms with Gasteiger partial charge in [0, 0.05) is 25.7 Å². The Morgan fingerprint density at radius 1 is 0.259 bits per heavy atom. The van der Waals surface area contributed by atoms with E-state index in [1.807, 2.05) is 0 Å². The summed E-state index contributed by atoms with van der Waals surface area (Å²) in [6, 6.07) is 0. The maximum atomic E-state index is 13.2. The molecule has 0 radical (unpaired) electrons. The van der Waals surface area contributed by atoms with Crippen molar-refractivity contribution in [3.8, 4) is 0 Å². The zero-order valence-electron chi connectivity index (χ0n) is 71.0. The molecule has 0 aliphatic rings. The molecule has 0 heterocycles. The van der Waals surface area contributed by atoms with E-state index in [9.17, 15) is 43.2 Å². The highest BCUT2D eigenvalue weighted by atomic mass is 31.2. The van der Waals surface area contributed by atoms with E-state index in [0.29, 0.717) is 25.7 Å². The van der Waals surface area contributed by atoms with E-state index in [2.05, 4.69) is 34.6 Å². The molecule has 0 saturated carbocycles. The molecule has 108 heavy (non-hydrogen) atoms. The van der Waals surface area contributed by atoms with Crippen LogP contribution in [0.5, 0.6) is 0 Å². The molecule has 0 bridgehead atoms. The monoisotopic (exact) mass is 1580 g/mol. The topological polar surface area (TPSA) is 237 Å². The van der Waals surface area contributed by atoms with Gasteiger partial charge < -0.3 is 33.8 Å². The average Bonchev–Trinajstić information content (AvgIpc) is 0.896. The second kappa shape index (κ2) is 81.6. The molecular formula is C89H174O17P2. The van der Waals surface area contributed by atoms with Crippen LogP contribution in [0.4, 0.5) is 0 Å². The Morgan fingerprint density at radius 3 is 0.657 bits per heavy atom. The Morgan fingerprint density at radius 2 is 0.444 bits per heavy atom. The van der Waals surface area contributed by atoms with Gasteiger partial charge in [0.1, 0.15) is 19.3 Å². The van der Waals surface area contributed by atoms with Gasteiger partial charge in [0.25, 0.3) is 0 Å². The molecule has 0 aliphatic heterocycles. The van der Waals surface area contributed by atoms with E-state index >= 15 is 0 Å². The minimum atomic E-state index is -4.97. The molecule has 3 unspecified atom stereocenters. The SMILES string of the molecule is CCCCCCCCCCCCCCCCCCCCCCCCC(=O)O[C@H](COC(=O)CCCCCCCCCCCCCCCCCCCCCC)COP(=O)(O)OC[C@@H](O)COP(=O)(O)OC[C@@H](COC(=O)CCCCCCCCCCCCCC)OC(=O)CCCCCCCCCCCCC(C)CC. The molecule has 0 rings (SSSR count). The van der Waals surface area contributed by atoms with Crippen molar-refractivity contribution in [2.24, 2.45) is 5.92 Å². The molecule has 0 aromatic heterocycles. The Bertz CT molecular complexity index is 2050. The predicted octanol–water partition coefficient (Wildman–Crippen LogP) is 27.5. The summed E-state index contributed by atoms with van der Waals surface area (Å²) in [6.45, 7) is 7.40. The maximum Gasteiger partial charge on any atom is 0.472 e. The van der Waals surface area contributed by atoms with Crippen LogP contribution in [0.25, 0.3) is 0 Å². The molecule has 6 atom stereocenters. The van der Waals surface area contributed by atoms with E-state index < -0.39 is 97.5 Å². The van der Waals surface area contributed by atoms with Crippen LogP contribution in [0, 0.1) is 5.92 Å². The first kappa shape index (κ1) is 106. The first-order valence-corrected chi connectivity index (χ1v) is 49.2. The highest BCUT2D eigenvalue weighted by Crippen LogP contribution is 2.45. The summed E-state index contributed by atoms with van der Waals surface area (Å²) >= 11 is 0. The molecule has 0 amide bonds. The van der Waals surface area contributed by atoms with Crippen LogP contribution in [0.1, 0.15) is 484 Å². The van der Waals surface area contributed by atoms with Crippen LogP contribution < -0.4 is 0 Å². The summed E-state index contributed by atoms with van der Waals surface area (Å²) in [7, 11) is -9.93. The van der Waals surface area contributed by atoms with Gasteiger partial charge in [0.15, 0.2) is 12.2 Å². The summed E-state index contributed by atoms with van der Waals surface area (Å²) in [4.78, 5) is 73.3. The lowest BCUT2D eigenvalue weighted by Crippen LogP contribution is -2.30. The number of carbonyl (C=O) groups is 4. The van der Waals surface area contributed by atoms with Gasteiger partial charge in [0.2, 0.25) is 0 Å². The number of aliphatic hydroxyl groups excluding tert-OH is 1. The van der Waals surface area contributed by atoms with Gasteiger partial charge in [-0.3, -0.25) is 37.3 Å². The second-order valence-corrected chi connectivity index (χ2v) is 35.1. The maximum absolute atomic E-state index is 13.2. The molecular weight excluding hydrogens is 1400 g/mol. The van der Waals surface area contributed by atoms with Gasteiger partial charge in [-0.15, -0.1) is 0 Å². The molecule has 19 heteroatoms. The highest BCUT2D eigenvalue weighted by molar-refractivity contribution is 7.47. The first-order chi connectivity index (χ1) is 52.6. The van der Waals surface area contributed by atoms with Gasteiger partial charge in [0.05, 0.1) is 26.4 Å².